The Kier molecular flexibility index (Phi) is 9.37. The molecule has 2 aliphatic heterocycles. The molecular weight excluding hydrogens is 574 g/mol. The second-order valence-corrected chi connectivity index (χ2v) is 13.8. The zero-order valence-corrected chi connectivity index (χ0v) is 27.1. The molecule has 10 heteroatoms. The predicted molar refractivity (Wildman–Crippen MR) is 172 cm³/mol. The number of rotatable bonds is 10. The number of nitrogens with one attached hydrogen (secondary N) is 1. The van der Waals surface area contributed by atoms with Crippen molar-refractivity contribution in [3.63, 3.8) is 0 Å². The van der Waals surface area contributed by atoms with E-state index in [1.165, 1.54) is 19.3 Å². The zero-order valence-electron chi connectivity index (χ0n) is 26.3. The molecule has 2 amide bonds. The molecular formula is C34H45N5O4S. The highest BCUT2D eigenvalue weighted by atomic mass is 32.1. The average Bonchev–Trinajstić information content (AvgIpc) is 3.77. The summed E-state index contributed by atoms with van der Waals surface area (Å²) in [5.41, 5.74) is 5.02. The highest BCUT2D eigenvalue weighted by Gasteiger charge is 2.40. The second-order valence-electron chi connectivity index (χ2n) is 13.0. The fraction of sp³-hybridized carbons (Fsp3) is 0.588. The Morgan fingerprint density at radius 1 is 1.00 bits per heavy atom. The van der Waals surface area contributed by atoms with Crippen molar-refractivity contribution in [3.8, 4) is 10.4 Å². The first kappa shape index (κ1) is 30.8. The molecule has 0 radical (unpaired) electrons. The number of carbonyl (C=O) groups excluding carboxylic acids is 2. The predicted octanol–water partition coefficient (Wildman–Crippen LogP) is 6.25. The molecule has 44 heavy (non-hydrogen) atoms. The summed E-state index contributed by atoms with van der Waals surface area (Å²) in [6.07, 6.45) is 7.84. The van der Waals surface area contributed by atoms with E-state index in [4.69, 9.17) is 9.26 Å². The van der Waals surface area contributed by atoms with Crippen LogP contribution in [-0.4, -0.2) is 64.7 Å². The summed E-state index contributed by atoms with van der Waals surface area (Å²) in [4.78, 5) is 37.1. The molecule has 1 aliphatic carbocycles. The second kappa shape index (κ2) is 13.4. The van der Waals surface area contributed by atoms with Crippen LogP contribution in [0, 0.1) is 12.8 Å². The van der Waals surface area contributed by atoms with Crippen molar-refractivity contribution < 1.29 is 18.8 Å². The van der Waals surface area contributed by atoms with Crippen LogP contribution in [0.4, 0.5) is 5.82 Å². The van der Waals surface area contributed by atoms with Gasteiger partial charge in [-0.05, 0) is 75.8 Å². The van der Waals surface area contributed by atoms with Gasteiger partial charge in [0.2, 0.25) is 11.8 Å². The Balaban J connectivity index is 1.07. The molecule has 6 rings (SSSR count). The van der Waals surface area contributed by atoms with Crippen LogP contribution in [0.2, 0.25) is 0 Å². The molecule has 1 aromatic carbocycles. The molecule has 3 unspecified atom stereocenters. The Bertz CT molecular complexity index is 1420. The van der Waals surface area contributed by atoms with Crippen LogP contribution < -0.4 is 10.2 Å². The number of piperidine rings is 1. The first-order valence-electron chi connectivity index (χ1n) is 16.3. The number of ether oxygens (including phenoxy) is 1. The zero-order chi connectivity index (χ0) is 30.8. The van der Waals surface area contributed by atoms with Crippen LogP contribution in [-0.2, 0) is 14.3 Å². The van der Waals surface area contributed by atoms with E-state index in [2.05, 4.69) is 44.6 Å². The summed E-state index contributed by atoms with van der Waals surface area (Å²) in [6, 6.07) is 9.51. The number of carbonyl (C=O) groups is 2. The Labute approximate surface area is 264 Å². The number of benzene rings is 1. The summed E-state index contributed by atoms with van der Waals surface area (Å²) < 4.78 is 12.0. The molecule has 9 nitrogen and oxygen atoms in total. The summed E-state index contributed by atoms with van der Waals surface area (Å²) >= 11 is 1.63. The first-order valence-corrected chi connectivity index (χ1v) is 17.1. The summed E-state index contributed by atoms with van der Waals surface area (Å²) in [6.45, 7) is 10.3. The molecule has 1 saturated carbocycles. The van der Waals surface area contributed by atoms with Gasteiger partial charge < -0.3 is 24.4 Å². The van der Waals surface area contributed by atoms with Crippen molar-refractivity contribution in [2.24, 2.45) is 5.92 Å². The van der Waals surface area contributed by atoms with E-state index < -0.39 is 12.0 Å². The van der Waals surface area contributed by atoms with Gasteiger partial charge in [0.15, 0.2) is 11.6 Å². The lowest BCUT2D eigenvalue weighted by atomic mass is 9.91. The average molecular weight is 620 g/mol. The fourth-order valence-electron chi connectivity index (χ4n) is 6.69. The SMILES string of the molecule is Cc1ncsc1-c1ccc(C(C)NC(=O)C2CCCN2C(=O)C(c2cc(N3CCC(OC4CCC4)CC3)no2)C(C)C)cc1. The Hall–Kier alpha value is -3.24. The standard InChI is InChI=1S/C34H45N5O4S/c1-21(2)31(29-19-30(37-43-29)38-17-14-27(15-18-38)42-26-7-5-8-26)34(41)39-16-6-9-28(39)33(40)36-22(3)24-10-12-25(13-11-24)32-23(4)35-20-44-32/h10-13,19-22,26-28,31H,5-9,14-18H2,1-4H3,(H,36,40). The number of anilines is 1. The van der Waals surface area contributed by atoms with Crippen LogP contribution >= 0.6 is 11.3 Å². The van der Waals surface area contributed by atoms with Gasteiger partial charge in [0.25, 0.3) is 0 Å². The van der Waals surface area contributed by atoms with Gasteiger partial charge in [0.05, 0.1) is 34.3 Å². The van der Waals surface area contributed by atoms with Crippen LogP contribution in [0.15, 0.2) is 40.4 Å². The van der Waals surface area contributed by atoms with E-state index in [-0.39, 0.29) is 23.8 Å². The number of hydrogen-bond acceptors (Lipinski definition) is 8. The number of amides is 2. The van der Waals surface area contributed by atoms with Crippen LogP contribution in [0.1, 0.15) is 94.7 Å². The minimum absolute atomic E-state index is 0.00570. The number of hydrogen-bond donors (Lipinski definition) is 1. The third-order valence-corrected chi connectivity index (χ3v) is 10.6. The van der Waals surface area contributed by atoms with Crippen LogP contribution in [0.3, 0.4) is 0 Å². The first-order chi connectivity index (χ1) is 21.3. The Morgan fingerprint density at radius 2 is 1.73 bits per heavy atom. The molecule has 0 bridgehead atoms. The van der Waals surface area contributed by atoms with Crippen molar-refractivity contribution >= 4 is 29.0 Å². The summed E-state index contributed by atoms with van der Waals surface area (Å²) in [7, 11) is 0. The molecule has 3 aromatic rings. The largest absolute Gasteiger partial charge is 0.375 e. The molecule has 236 valence electrons. The number of aromatic nitrogens is 2. The minimum atomic E-state index is -0.498. The lowest BCUT2D eigenvalue weighted by Crippen LogP contribution is -2.48. The highest BCUT2D eigenvalue weighted by Crippen LogP contribution is 2.34. The molecule has 0 spiro atoms. The molecule has 2 saturated heterocycles. The van der Waals surface area contributed by atoms with Gasteiger partial charge in [-0.3, -0.25) is 9.59 Å². The maximum Gasteiger partial charge on any atom is 0.243 e. The summed E-state index contributed by atoms with van der Waals surface area (Å²) in [5.74, 6) is 0.673. The van der Waals surface area contributed by atoms with Crippen LogP contribution in [0.25, 0.3) is 10.4 Å². The van der Waals surface area contributed by atoms with Crippen molar-refractivity contribution in [1.82, 2.24) is 20.4 Å². The lowest BCUT2D eigenvalue weighted by molar-refractivity contribution is -0.141. The van der Waals surface area contributed by atoms with Crippen molar-refractivity contribution in [2.75, 3.05) is 24.5 Å². The van der Waals surface area contributed by atoms with E-state index in [1.807, 2.05) is 39.3 Å². The van der Waals surface area contributed by atoms with Crippen molar-refractivity contribution in [1.29, 1.82) is 0 Å². The number of thiazole rings is 1. The molecule has 3 fully saturated rings. The topological polar surface area (TPSA) is 101 Å². The van der Waals surface area contributed by atoms with E-state index in [0.717, 1.165) is 59.9 Å². The maximum atomic E-state index is 14.0. The van der Waals surface area contributed by atoms with E-state index >= 15 is 0 Å². The molecule has 1 N–H and O–H groups in total. The maximum absolute atomic E-state index is 14.0. The summed E-state index contributed by atoms with van der Waals surface area (Å²) in [5, 5.41) is 7.55. The third-order valence-electron chi connectivity index (χ3n) is 9.57. The van der Waals surface area contributed by atoms with Gasteiger partial charge in [-0.2, -0.15) is 0 Å². The smallest absolute Gasteiger partial charge is 0.243 e. The fourth-order valence-corrected chi connectivity index (χ4v) is 7.50. The van der Waals surface area contributed by atoms with Gasteiger partial charge in [-0.25, -0.2) is 4.98 Å². The molecule has 3 atom stereocenters. The van der Waals surface area contributed by atoms with Gasteiger partial charge in [-0.1, -0.05) is 43.3 Å². The number of aryl methyl sites for hydroxylation is 1. The van der Waals surface area contributed by atoms with Crippen molar-refractivity contribution in [2.45, 2.75) is 103 Å². The van der Waals surface area contributed by atoms with Gasteiger partial charge in [0.1, 0.15) is 12.0 Å². The third kappa shape index (κ3) is 6.56. The normalized spacial score (nSPS) is 21.0. The van der Waals surface area contributed by atoms with Crippen molar-refractivity contribution in [3.05, 3.63) is 52.9 Å². The monoisotopic (exact) mass is 619 g/mol. The van der Waals surface area contributed by atoms with E-state index in [1.54, 1.807) is 16.2 Å². The Morgan fingerprint density at radius 3 is 2.36 bits per heavy atom. The minimum Gasteiger partial charge on any atom is -0.375 e. The van der Waals surface area contributed by atoms with E-state index in [0.29, 0.717) is 30.9 Å². The highest BCUT2D eigenvalue weighted by molar-refractivity contribution is 7.13. The van der Waals surface area contributed by atoms with E-state index in [9.17, 15) is 9.59 Å². The van der Waals surface area contributed by atoms with Gasteiger partial charge in [-0.15, -0.1) is 11.3 Å². The number of nitrogens with zero attached hydrogens (tertiary/aromatic N) is 4. The molecule has 3 aliphatic rings. The van der Waals surface area contributed by atoms with Gasteiger partial charge >= 0.3 is 0 Å². The van der Waals surface area contributed by atoms with Crippen LogP contribution in [0.5, 0.6) is 0 Å². The van der Waals surface area contributed by atoms with Gasteiger partial charge in [0, 0.05) is 25.7 Å². The quantitative estimate of drug-likeness (QED) is 0.286. The number of likely N-dealkylation sites (tertiary alicyclic amines) is 1. The molecule has 2 aromatic heterocycles. The molecule has 4 heterocycles. The lowest BCUT2D eigenvalue weighted by Gasteiger charge is -2.36.